The van der Waals surface area contributed by atoms with E-state index in [0.717, 1.165) is 12.8 Å². The maximum absolute atomic E-state index is 11.8. The summed E-state index contributed by atoms with van der Waals surface area (Å²) in [7, 11) is 1.74. The molecule has 0 aliphatic heterocycles. The van der Waals surface area contributed by atoms with Crippen molar-refractivity contribution >= 4 is 5.82 Å². The molecule has 2 N–H and O–H groups in total. The van der Waals surface area contributed by atoms with Gasteiger partial charge in [0.25, 0.3) is 5.56 Å². The normalized spacial score (nSPS) is 15.3. The smallest absolute Gasteiger partial charge is 0.293 e. The number of anilines is 1. The molecule has 0 bridgehead atoms. The molecule has 1 aliphatic carbocycles. The molecule has 1 aliphatic rings. The van der Waals surface area contributed by atoms with E-state index in [-0.39, 0.29) is 5.56 Å². The molecule has 2 rings (SSSR count). The van der Waals surface area contributed by atoms with Crippen LogP contribution in [0.4, 0.5) is 5.82 Å². The molecule has 0 aromatic carbocycles. The minimum Gasteiger partial charge on any atom is -0.348 e. The maximum Gasteiger partial charge on any atom is 0.293 e. The van der Waals surface area contributed by atoms with Crippen LogP contribution in [0.2, 0.25) is 0 Å². The lowest BCUT2D eigenvalue weighted by Crippen LogP contribution is -2.37. The van der Waals surface area contributed by atoms with E-state index < -0.39 is 0 Å². The van der Waals surface area contributed by atoms with Gasteiger partial charge in [0.2, 0.25) is 0 Å². The summed E-state index contributed by atoms with van der Waals surface area (Å²) in [6.07, 6.45) is 5.60. The first-order chi connectivity index (χ1) is 7.24. The van der Waals surface area contributed by atoms with Gasteiger partial charge in [-0.15, -0.1) is 0 Å². The van der Waals surface area contributed by atoms with Crippen molar-refractivity contribution in [1.82, 2.24) is 9.55 Å². The van der Waals surface area contributed by atoms with Crippen LogP contribution < -0.4 is 16.2 Å². The lowest BCUT2D eigenvalue weighted by atomic mass is 10.4. The van der Waals surface area contributed by atoms with Gasteiger partial charge in [0.05, 0.1) is 0 Å². The molecular weight excluding hydrogens is 192 g/mol. The van der Waals surface area contributed by atoms with E-state index in [1.807, 2.05) is 4.90 Å². The topological polar surface area (TPSA) is 64.2 Å². The number of nitrogens with two attached hydrogens (primary N) is 1. The minimum absolute atomic E-state index is 0.0437. The van der Waals surface area contributed by atoms with Crippen LogP contribution in [0.25, 0.3) is 0 Å². The maximum atomic E-state index is 11.8. The Labute approximate surface area is 88.5 Å². The second kappa shape index (κ2) is 4.02. The summed E-state index contributed by atoms with van der Waals surface area (Å²) in [5, 5.41) is 0. The third-order valence-electron chi connectivity index (χ3n) is 2.63. The van der Waals surface area contributed by atoms with E-state index in [2.05, 4.69) is 4.98 Å². The highest BCUT2D eigenvalue weighted by Crippen LogP contribution is 2.28. The van der Waals surface area contributed by atoms with Crippen molar-refractivity contribution in [3.63, 3.8) is 0 Å². The third kappa shape index (κ3) is 2.02. The largest absolute Gasteiger partial charge is 0.348 e. The van der Waals surface area contributed by atoms with Crippen LogP contribution in [-0.4, -0.2) is 28.7 Å². The number of rotatable bonds is 4. The molecule has 0 unspecified atom stereocenters. The highest BCUT2D eigenvalue weighted by Gasteiger charge is 2.30. The Bertz CT molecular complexity index is 397. The number of aryl methyl sites for hydroxylation is 1. The molecule has 1 fully saturated rings. The summed E-state index contributed by atoms with van der Waals surface area (Å²) >= 11 is 0. The van der Waals surface area contributed by atoms with Gasteiger partial charge in [-0.1, -0.05) is 0 Å². The first-order valence-electron chi connectivity index (χ1n) is 5.22. The van der Waals surface area contributed by atoms with Crippen molar-refractivity contribution in [2.24, 2.45) is 12.8 Å². The average molecular weight is 208 g/mol. The Balaban J connectivity index is 2.32. The van der Waals surface area contributed by atoms with E-state index in [0.29, 0.717) is 24.9 Å². The fourth-order valence-corrected chi connectivity index (χ4v) is 1.67. The van der Waals surface area contributed by atoms with Gasteiger partial charge in [0, 0.05) is 38.6 Å². The molecule has 5 nitrogen and oxygen atoms in total. The number of aromatic nitrogens is 2. The molecular formula is C10H16N4O. The first-order valence-corrected chi connectivity index (χ1v) is 5.22. The third-order valence-corrected chi connectivity index (χ3v) is 2.63. The molecule has 1 heterocycles. The summed E-state index contributed by atoms with van der Waals surface area (Å²) in [4.78, 5) is 18.0. The first kappa shape index (κ1) is 10.2. The molecule has 0 saturated heterocycles. The van der Waals surface area contributed by atoms with Crippen LogP contribution in [0.3, 0.4) is 0 Å². The summed E-state index contributed by atoms with van der Waals surface area (Å²) in [5.74, 6) is 0.535. The second-order valence-electron chi connectivity index (χ2n) is 3.88. The van der Waals surface area contributed by atoms with E-state index in [9.17, 15) is 4.79 Å². The average Bonchev–Trinajstić information content (AvgIpc) is 3.03. The van der Waals surface area contributed by atoms with Crippen LogP contribution in [0.5, 0.6) is 0 Å². The highest BCUT2D eigenvalue weighted by molar-refractivity contribution is 5.39. The van der Waals surface area contributed by atoms with Gasteiger partial charge in [0.15, 0.2) is 5.82 Å². The Morgan fingerprint density at radius 1 is 1.67 bits per heavy atom. The lowest BCUT2D eigenvalue weighted by Gasteiger charge is -2.21. The molecule has 1 aromatic rings. The van der Waals surface area contributed by atoms with Crippen molar-refractivity contribution in [1.29, 1.82) is 0 Å². The summed E-state index contributed by atoms with van der Waals surface area (Å²) in [6, 6.07) is 0.469. The van der Waals surface area contributed by atoms with Gasteiger partial charge in [0.1, 0.15) is 0 Å². The Kier molecular flexibility index (Phi) is 2.73. The predicted molar refractivity (Wildman–Crippen MR) is 58.9 cm³/mol. The second-order valence-corrected chi connectivity index (χ2v) is 3.88. The van der Waals surface area contributed by atoms with Gasteiger partial charge in [-0.25, -0.2) is 4.98 Å². The van der Waals surface area contributed by atoms with Gasteiger partial charge in [-0.3, -0.25) is 4.79 Å². The van der Waals surface area contributed by atoms with Gasteiger partial charge >= 0.3 is 0 Å². The van der Waals surface area contributed by atoms with E-state index in [1.165, 1.54) is 0 Å². The van der Waals surface area contributed by atoms with E-state index in [4.69, 9.17) is 5.73 Å². The Morgan fingerprint density at radius 3 is 3.00 bits per heavy atom. The highest BCUT2D eigenvalue weighted by atomic mass is 16.1. The molecule has 0 spiro atoms. The monoisotopic (exact) mass is 208 g/mol. The van der Waals surface area contributed by atoms with Gasteiger partial charge in [-0.2, -0.15) is 0 Å². The Hall–Kier alpha value is -1.36. The number of hydrogen-bond acceptors (Lipinski definition) is 4. The van der Waals surface area contributed by atoms with E-state index in [1.54, 1.807) is 24.0 Å². The minimum atomic E-state index is -0.0437. The molecule has 15 heavy (non-hydrogen) atoms. The van der Waals surface area contributed by atoms with Crippen molar-refractivity contribution < 1.29 is 0 Å². The molecule has 0 radical (unpaired) electrons. The summed E-state index contributed by atoms with van der Waals surface area (Å²) < 4.78 is 1.55. The quantitative estimate of drug-likeness (QED) is 0.738. The van der Waals surface area contributed by atoms with Crippen molar-refractivity contribution in [3.8, 4) is 0 Å². The number of nitrogens with zero attached hydrogens (tertiary/aromatic N) is 3. The summed E-state index contributed by atoms with van der Waals surface area (Å²) in [5.41, 5.74) is 5.50. The molecule has 0 atom stereocenters. The van der Waals surface area contributed by atoms with Crippen LogP contribution in [0, 0.1) is 0 Å². The molecule has 1 aromatic heterocycles. The number of hydrogen-bond donors (Lipinski definition) is 1. The molecule has 82 valence electrons. The zero-order chi connectivity index (χ0) is 10.8. The Morgan fingerprint density at radius 2 is 2.40 bits per heavy atom. The fraction of sp³-hybridized carbons (Fsp3) is 0.600. The van der Waals surface area contributed by atoms with Crippen molar-refractivity contribution in [2.75, 3.05) is 18.0 Å². The molecule has 5 heteroatoms. The fourth-order valence-electron chi connectivity index (χ4n) is 1.67. The van der Waals surface area contributed by atoms with Crippen molar-refractivity contribution in [2.45, 2.75) is 18.9 Å². The summed E-state index contributed by atoms with van der Waals surface area (Å²) in [6.45, 7) is 1.26. The zero-order valence-corrected chi connectivity index (χ0v) is 8.89. The van der Waals surface area contributed by atoms with Crippen LogP contribution >= 0.6 is 0 Å². The van der Waals surface area contributed by atoms with Crippen LogP contribution in [0.15, 0.2) is 17.2 Å². The molecule has 0 amide bonds. The predicted octanol–water partition coefficient (Wildman–Crippen LogP) is -0.292. The standard InChI is InChI=1S/C10H16N4O/c1-13-7-5-12-9(10(13)15)14(6-4-11)8-2-3-8/h5,7-8H,2-4,6,11H2,1H3. The van der Waals surface area contributed by atoms with Crippen molar-refractivity contribution in [3.05, 3.63) is 22.7 Å². The van der Waals surface area contributed by atoms with Crippen LogP contribution in [0.1, 0.15) is 12.8 Å². The van der Waals surface area contributed by atoms with Gasteiger partial charge in [-0.05, 0) is 12.8 Å². The van der Waals surface area contributed by atoms with Gasteiger partial charge < -0.3 is 15.2 Å². The van der Waals surface area contributed by atoms with Crippen LogP contribution in [-0.2, 0) is 7.05 Å². The lowest BCUT2D eigenvalue weighted by molar-refractivity contribution is 0.740. The molecule has 1 saturated carbocycles. The zero-order valence-electron chi connectivity index (χ0n) is 8.89. The van der Waals surface area contributed by atoms with E-state index >= 15 is 0 Å². The SMILES string of the molecule is Cn1ccnc(N(CCN)C2CC2)c1=O.